The molecule has 1 amide bonds. The molecule has 1 aliphatic carbocycles. The molecule has 0 unspecified atom stereocenters. The molecule has 39 heavy (non-hydrogen) atoms. The van der Waals surface area contributed by atoms with Gasteiger partial charge in [0.2, 0.25) is 15.9 Å². The molecule has 5 rings (SSSR count). The van der Waals surface area contributed by atoms with Crippen molar-refractivity contribution in [2.24, 2.45) is 0 Å². The van der Waals surface area contributed by atoms with Gasteiger partial charge >= 0.3 is 0 Å². The lowest BCUT2D eigenvalue weighted by atomic mass is 9.95. The monoisotopic (exact) mass is 549 g/mol. The minimum atomic E-state index is -3.94. The average Bonchev–Trinajstić information content (AvgIpc) is 2.98. The predicted octanol–water partition coefficient (Wildman–Crippen LogP) is 5.08. The molecule has 2 aliphatic rings. The maximum atomic E-state index is 13.6. The second-order valence-corrected chi connectivity index (χ2v) is 12.3. The average molecular weight is 550 g/mol. The molecule has 0 aromatic heterocycles. The van der Waals surface area contributed by atoms with Crippen LogP contribution in [0.2, 0.25) is 0 Å². The molecule has 1 saturated carbocycles. The van der Waals surface area contributed by atoms with Crippen LogP contribution in [0.3, 0.4) is 0 Å². The molecular formula is C31H36FN3O3S. The number of hydrogen-bond donors (Lipinski definition) is 0. The van der Waals surface area contributed by atoms with Crippen molar-refractivity contribution in [1.29, 1.82) is 0 Å². The topological polar surface area (TPSA) is 60.9 Å². The van der Waals surface area contributed by atoms with Crippen LogP contribution in [0.1, 0.15) is 49.3 Å². The largest absolute Gasteiger partial charge is 0.339 e. The fourth-order valence-electron chi connectivity index (χ4n) is 5.87. The predicted molar refractivity (Wildman–Crippen MR) is 150 cm³/mol. The van der Waals surface area contributed by atoms with Crippen LogP contribution in [-0.2, 0) is 14.8 Å². The Labute approximate surface area is 231 Å². The molecule has 0 bridgehead atoms. The summed E-state index contributed by atoms with van der Waals surface area (Å²) in [5.41, 5.74) is 2.41. The van der Waals surface area contributed by atoms with E-state index in [-0.39, 0.29) is 29.4 Å². The minimum absolute atomic E-state index is 0.0284. The van der Waals surface area contributed by atoms with E-state index in [2.05, 4.69) is 29.2 Å². The highest BCUT2D eigenvalue weighted by atomic mass is 32.2. The lowest BCUT2D eigenvalue weighted by molar-refractivity contribution is -0.133. The molecule has 3 aromatic carbocycles. The fourth-order valence-corrected chi connectivity index (χ4v) is 7.50. The summed E-state index contributed by atoms with van der Waals surface area (Å²) >= 11 is 0. The zero-order valence-electron chi connectivity index (χ0n) is 22.2. The third-order valence-electron chi connectivity index (χ3n) is 7.96. The van der Waals surface area contributed by atoms with Crippen molar-refractivity contribution < 1.29 is 17.6 Å². The van der Waals surface area contributed by atoms with Crippen molar-refractivity contribution in [2.75, 3.05) is 32.7 Å². The number of nitrogens with zero attached hydrogens (tertiary/aromatic N) is 3. The van der Waals surface area contributed by atoms with Crippen LogP contribution in [0.4, 0.5) is 4.39 Å². The van der Waals surface area contributed by atoms with E-state index in [1.165, 1.54) is 27.6 Å². The summed E-state index contributed by atoms with van der Waals surface area (Å²) in [5.74, 6) is -0.668. The van der Waals surface area contributed by atoms with Crippen molar-refractivity contribution >= 4 is 15.9 Å². The van der Waals surface area contributed by atoms with E-state index in [1.54, 1.807) is 4.90 Å². The molecule has 1 aliphatic heterocycles. The lowest BCUT2D eigenvalue weighted by Crippen LogP contribution is -2.54. The Kier molecular flexibility index (Phi) is 8.75. The molecule has 6 nitrogen and oxygen atoms in total. The molecule has 0 atom stereocenters. The fraction of sp³-hybridized carbons (Fsp3) is 0.387. The molecule has 3 aromatic rings. The number of carbonyl (C=O) groups excluding carboxylic acids is 1. The Hall–Kier alpha value is -3.07. The standard InChI is InChI=1S/C31H36FN3O3S/c32-27-16-18-29(19-17-27)39(37,38)35(28-14-8-3-9-15-28)24-30(36)33-20-22-34(23-21-33)31(25-10-4-1-5-11-25)26-12-6-2-7-13-26/h1-2,4-7,10-13,16-19,28,31H,3,8-9,14-15,20-24H2. The van der Waals surface area contributed by atoms with Gasteiger partial charge in [-0.25, -0.2) is 12.8 Å². The van der Waals surface area contributed by atoms with Gasteiger partial charge in [-0.05, 0) is 48.2 Å². The molecule has 0 N–H and O–H groups in total. The Morgan fingerprint density at radius 2 is 1.33 bits per heavy atom. The number of halogens is 1. The van der Waals surface area contributed by atoms with Gasteiger partial charge in [0.25, 0.3) is 0 Å². The van der Waals surface area contributed by atoms with Gasteiger partial charge in [-0.2, -0.15) is 4.31 Å². The van der Waals surface area contributed by atoms with E-state index in [0.29, 0.717) is 26.2 Å². The molecule has 2 fully saturated rings. The third-order valence-corrected chi connectivity index (χ3v) is 9.87. The van der Waals surface area contributed by atoms with Crippen molar-refractivity contribution in [3.8, 4) is 0 Å². The normalized spacial score (nSPS) is 17.6. The quantitative estimate of drug-likeness (QED) is 0.393. The second kappa shape index (κ2) is 12.4. The lowest BCUT2D eigenvalue weighted by Gasteiger charge is -2.41. The summed E-state index contributed by atoms with van der Waals surface area (Å²) in [6, 6.07) is 25.5. The summed E-state index contributed by atoms with van der Waals surface area (Å²) < 4.78 is 42.2. The van der Waals surface area contributed by atoms with Crippen molar-refractivity contribution in [1.82, 2.24) is 14.1 Å². The van der Waals surface area contributed by atoms with Crippen molar-refractivity contribution in [3.63, 3.8) is 0 Å². The summed E-state index contributed by atoms with van der Waals surface area (Å²) in [4.78, 5) is 17.8. The number of rotatable bonds is 8. The summed E-state index contributed by atoms with van der Waals surface area (Å²) in [5, 5.41) is 0. The Morgan fingerprint density at radius 3 is 1.87 bits per heavy atom. The van der Waals surface area contributed by atoms with Crippen molar-refractivity contribution in [2.45, 2.75) is 49.1 Å². The zero-order chi connectivity index (χ0) is 27.2. The van der Waals surface area contributed by atoms with Gasteiger partial charge in [0.05, 0.1) is 17.5 Å². The first kappa shape index (κ1) is 27.5. The molecule has 0 radical (unpaired) electrons. The minimum Gasteiger partial charge on any atom is -0.339 e. The van der Waals surface area contributed by atoms with Crippen LogP contribution >= 0.6 is 0 Å². The zero-order valence-corrected chi connectivity index (χ0v) is 23.0. The second-order valence-electron chi connectivity index (χ2n) is 10.4. The van der Waals surface area contributed by atoms with Gasteiger partial charge in [-0.15, -0.1) is 0 Å². The molecule has 8 heteroatoms. The number of amides is 1. The number of hydrogen-bond acceptors (Lipinski definition) is 4. The van der Waals surface area contributed by atoms with E-state index >= 15 is 0 Å². The van der Waals surface area contributed by atoms with Gasteiger partial charge in [0, 0.05) is 32.2 Å². The third kappa shape index (κ3) is 6.40. The van der Waals surface area contributed by atoms with Gasteiger partial charge in [-0.3, -0.25) is 9.69 Å². The molecular weight excluding hydrogens is 513 g/mol. The Balaban J connectivity index is 1.31. The van der Waals surface area contributed by atoms with Crippen LogP contribution in [0.5, 0.6) is 0 Å². The SMILES string of the molecule is O=C(CN(C1CCCCC1)S(=O)(=O)c1ccc(F)cc1)N1CCN(C(c2ccccc2)c2ccccc2)CC1. The number of piperazine rings is 1. The van der Waals surface area contributed by atoms with Crippen LogP contribution in [0.25, 0.3) is 0 Å². The molecule has 1 heterocycles. The molecule has 1 saturated heterocycles. The Morgan fingerprint density at radius 1 is 0.795 bits per heavy atom. The van der Waals surface area contributed by atoms with Crippen LogP contribution in [0, 0.1) is 5.82 Å². The first-order valence-corrected chi connectivity index (χ1v) is 15.3. The van der Waals surface area contributed by atoms with Gasteiger partial charge < -0.3 is 4.90 Å². The van der Waals surface area contributed by atoms with Gasteiger partial charge in [-0.1, -0.05) is 79.9 Å². The summed E-state index contributed by atoms with van der Waals surface area (Å²) in [6.07, 6.45) is 4.41. The number of sulfonamides is 1. The maximum absolute atomic E-state index is 13.6. The summed E-state index contributed by atoms with van der Waals surface area (Å²) in [6.45, 7) is 2.25. The first-order valence-electron chi connectivity index (χ1n) is 13.8. The highest BCUT2D eigenvalue weighted by molar-refractivity contribution is 7.89. The van der Waals surface area contributed by atoms with Gasteiger partial charge in [0.1, 0.15) is 5.82 Å². The van der Waals surface area contributed by atoms with E-state index in [9.17, 15) is 17.6 Å². The maximum Gasteiger partial charge on any atom is 0.243 e. The van der Waals surface area contributed by atoms with Crippen LogP contribution in [-0.4, -0.2) is 67.2 Å². The molecule has 0 spiro atoms. The van der Waals surface area contributed by atoms with E-state index in [1.807, 2.05) is 36.4 Å². The summed E-state index contributed by atoms with van der Waals surface area (Å²) in [7, 11) is -3.94. The van der Waals surface area contributed by atoms with Gasteiger partial charge in [0.15, 0.2) is 0 Å². The Bertz CT molecular complexity index is 1280. The number of benzene rings is 3. The first-order chi connectivity index (χ1) is 18.9. The van der Waals surface area contributed by atoms with Crippen molar-refractivity contribution in [3.05, 3.63) is 102 Å². The smallest absolute Gasteiger partial charge is 0.243 e. The molecule has 206 valence electrons. The highest BCUT2D eigenvalue weighted by Gasteiger charge is 2.36. The van der Waals surface area contributed by atoms with E-state index < -0.39 is 15.8 Å². The highest BCUT2D eigenvalue weighted by Crippen LogP contribution is 2.31. The van der Waals surface area contributed by atoms with Crippen LogP contribution in [0.15, 0.2) is 89.8 Å². The van der Waals surface area contributed by atoms with Crippen LogP contribution < -0.4 is 0 Å². The van der Waals surface area contributed by atoms with E-state index in [0.717, 1.165) is 44.2 Å². The number of carbonyl (C=O) groups is 1. The van der Waals surface area contributed by atoms with E-state index in [4.69, 9.17) is 0 Å².